The number of aromatic nitrogens is 1. The van der Waals surface area contributed by atoms with E-state index in [2.05, 4.69) is 20.4 Å². The van der Waals surface area contributed by atoms with Crippen LogP contribution in [0.15, 0.2) is 29.6 Å². The minimum absolute atomic E-state index is 0.0611. The third-order valence-corrected chi connectivity index (χ3v) is 7.19. The first-order valence-electron chi connectivity index (χ1n) is 11.6. The Morgan fingerprint density at radius 3 is 2.63 bits per heavy atom. The molecule has 2 aliphatic rings. The van der Waals surface area contributed by atoms with Crippen LogP contribution in [0.2, 0.25) is 0 Å². The molecule has 0 spiro atoms. The van der Waals surface area contributed by atoms with E-state index in [0.717, 1.165) is 48.3 Å². The van der Waals surface area contributed by atoms with Crippen LogP contribution >= 0.6 is 11.3 Å². The zero-order chi connectivity index (χ0) is 24.9. The normalized spacial score (nSPS) is 19.4. The maximum Gasteiger partial charge on any atom is 0.357 e. The minimum Gasteiger partial charge on any atom is -0.464 e. The molecule has 2 atom stereocenters. The topological polar surface area (TPSA) is 118 Å². The van der Waals surface area contributed by atoms with Crippen molar-refractivity contribution < 1.29 is 28.3 Å². The number of anilines is 1. The Morgan fingerprint density at radius 2 is 1.94 bits per heavy atom. The first-order valence-corrected chi connectivity index (χ1v) is 12.5. The van der Waals surface area contributed by atoms with Gasteiger partial charge < -0.3 is 15.4 Å². The van der Waals surface area contributed by atoms with Gasteiger partial charge in [0, 0.05) is 11.8 Å². The summed E-state index contributed by atoms with van der Waals surface area (Å²) in [5.74, 6) is -1.84. The van der Waals surface area contributed by atoms with Gasteiger partial charge in [-0.05, 0) is 30.0 Å². The Morgan fingerprint density at radius 1 is 1.23 bits per heavy atom. The summed E-state index contributed by atoms with van der Waals surface area (Å²) < 4.78 is 17.9. The van der Waals surface area contributed by atoms with E-state index in [1.54, 1.807) is 12.1 Å². The van der Waals surface area contributed by atoms with Gasteiger partial charge >= 0.3 is 12.0 Å². The van der Waals surface area contributed by atoms with Crippen LogP contribution in [0.3, 0.4) is 0 Å². The Bertz CT molecular complexity index is 1100. The van der Waals surface area contributed by atoms with Gasteiger partial charge in [0.1, 0.15) is 17.9 Å². The van der Waals surface area contributed by atoms with Gasteiger partial charge in [0.2, 0.25) is 5.91 Å². The molecule has 2 heterocycles. The molecule has 1 aliphatic heterocycles. The molecule has 4 amide bonds. The van der Waals surface area contributed by atoms with E-state index < -0.39 is 35.9 Å². The zero-order valence-corrected chi connectivity index (χ0v) is 20.1. The number of esters is 1. The number of carbonyl (C=O) groups excluding carboxylic acids is 4. The molecule has 1 unspecified atom stereocenters. The van der Waals surface area contributed by atoms with E-state index in [-0.39, 0.29) is 29.0 Å². The quantitative estimate of drug-likeness (QED) is 0.421. The van der Waals surface area contributed by atoms with Crippen molar-refractivity contribution in [3.05, 3.63) is 46.7 Å². The number of methoxy groups -OCH3 is 1. The van der Waals surface area contributed by atoms with Gasteiger partial charge in [-0.2, -0.15) is 0 Å². The molecule has 35 heavy (non-hydrogen) atoms. The van der Waals surface area contributed by atoms with Crippen molar-refractivity contribution in [1.29, 1.82) is 0 Å². The molecule has 9 nitrogen and oxygen atoms in total. The first kappa shape index (κ1) is 24.8. The van der Waals surface area contributed by atoms with Crippen LogP contribution in [0.1, 0.15) is 54.6 Å². The Balaban J connectivity index is 1.52. The number of nitrogens with one attached hydrogen (secondary N) is 2. The molecule has 2 aromatic rings. The van der Waals surface area contributed by atoms with Crippen LogP contribution in [0.25, 0.3) is 0 Å². The summed E-state index contributed by atoms with van der Waals surface area (Å²) >= 11 is 1.05. The van der Waals surface area contributed by atoms with Crippen molar-refractivity contribution in [2.24, 2.45) is 5.92 Å². The lowest BCUT2D eigenvalue weighted by Gasteiger charge is -2.30. The molecule has 2 N–H and O–H groups in total. The fraction of sp³-hybridized carbons (Fsp3) is 0.458. The predicted molar refractivity (Wildman–Crippen MR) is 126 cm³/mol. The Labute approximate surface area is 206 Å². The summed E-state index contributed by atoms with van der Waals surface area (Å²) in [6, 6.07) is 3.21. The fourth-order valence-electron chi connectivity index (χ4n) is 4.62. The zero-order valence-electron chi connectivity index (χ0n) is 19.3. The molecule has 2 fully saturated rings. The smallest absolute Gasteiger partial charge is 0.357 e. The van der Waals surface area contributed by atoms with Gasteiger partial charge in [0.15, 0.2) is 10.8 Å². The molecule has 1 aromatic heterocycles. The van der Waals surface area contributed by atoms with Crippen molar-refractivity contribution >= 4 is 40.3 Å². The monoisotopic (exact) mass is 502 g/mol. The molecule has 4 rings (SSSR count). The standard InChI is InChI=1S/C24H27FN4O5S/c1-34-22(32)18-13-35-23(26-18)28-20(30)19(12-14-5-3-2-4-6-14)29-21(31)17(27-24(29)33)11-15-7-9-16(25)10-8-15/h7-10,13-14,17,19H,2-6,11-12H2,1H3,(H,27,33)(H,26,28,30)/t17?,19-/m0/s1. The van der Waals surface area contributed by atoms with Crippen molar-refractivity contribution in [2.75, 3.05) is 12.4 Å². The SMILES string of the molecule is COC(=O)c1csc(NC(=O)[C@H](CC2CCCCC2)N2C(=O)NC(Cc3ccc(F)cc3)C2=O)n1. The maximum atomic E-state index is 13.3. The van der Waals surface area contributed by atoms with E-state index >= 15 is 0 Å². The number of benzene rings is 1. The van der Waals surface area contributed by atoms with Gasteiger partial charge in [-0.15, -0.1) is 11.3 Å². The largest absolute Gasteiger partial charge is 0.464 e. The van der Waals surface area contributed by atoms with Gasteiger partial charge in [-0.3, -0.25) is 9.59 Å². The number of hydrogen-bond donors (Lipinski definition) is 2. The second-order valence-corrected chi connectivity index (χ2v) is 9.67. The van der Waals surface area contributed by atoms with E-state index in [1.165, 1.54) is 24.6 Å². The fourth-order valence-corrected chi connectivity index (χ4v) is 5.31. The molecule has 0 bridgehead atoms. The number of halogens is 1. The lowest BCUT2D eigenvalue weighted by Crippen LogP contribution is -2.49. The van der Waals surface area contributed by atoms with Crippen molar-refractivity contribution in [2.45, 2.75) is 57.0 Å². The lowest BCUT2D eigenvalue weighted by molar-refractivity contribution is -0.134. The van der Waals surface area contributed by atoms with Gasteiger partial charge in [-0.1, -0.05) is 44.2 Å². The van der Waals surface area contributed by atoms with Crippen LogP contribution in [0.5, 0.6) is 0 Å². The Kier molecular flexibility index (Phi) is 7.74. The van der Waals surface area contributed by atoms with Crippen LogP contribution in [-0.2, 0) is 20.7 Å². The number of carbonyl (C=O) groups is 4. The summed E-state index contributed by atoms with van der Waals surface area (Å²) in [7, 11) is 1.24. The molecule has 1 saturated heterocycles. The second kappa shape index (κ2) is 10.9. The number of ether oxygens (including phenoxy) is 1. The number of urea groups is 1. The highest BCUT2D eigenvalue weighted by Crippen LogP contribution is 2.30. The van der Waals surface area contributed by atoms with Crippen molar-refractivity contribution in [1.82, 2.24) is 15.2 Å². The average molecular weight is 503 g/mol. The van der Waals surface area contributed by atoms with Crippen LogP contribution in [0, 0.1) is 11.7 Å². The molecule has 11 heteroatoms. The summed E-state index contributed by atoms with van der Waals surface area (Å²) in [4.78, 5) is 56.3. The Hall–Kier alpha value is -3.34. The van der Waals surface area contributed by atoms with Crippen LogP contribution < -0.4 is 10.6 Å². The third kappa shape index (κ3) is 5.84. The average Bonchev–Trinajstić information content (AvgIpc) is 3.43. The van der Waals surface area contributed by atoms with E-state index in [9.17, 15) is 23.6 Å². The molecule has 1 aliphatic carbocycles. The lowest BCUT2D eigenvalue weighted by atomic mass is 9.84. The number of hydrogen-bond acceptors (Lipinski definition) is 7. The van der Waals surface area contributed by atoms with Gasteiger partial charge in [0.05, 0.1) is 7.11 Å². The second-order valence-electron chi connectivity index (χ2n) is 8.82. The van der Waals surface area contributed by atoms with Crippen molar-refractivity contribution in [3.63, 3.8) is 0 Å². The molecule has 186 valence electrons. The highest BCUT2D eigenvalue weighted by Gasteiger charge is 2.45. The summed E-state index contributed by atoms with van der Waals surface area (Å²) in [5.41, 5.74) is 0.754. The van der Waals surface area contributed by atoms with E-state index in [4.69, 9.17) is 0 Å². The molecule has 1 saturated carbocycles. The molecule has 1 aromatic carbocycles. The number of amides is 4. The highest BCUT2D eigenvalue weighted by atomic mass is 32.1. The third-order valence-electron chi connectivity index (χ3n) is 6.43. The minimum atomic E-state index is -1.02. The first-order chi connectivity index (χ1) is 16.9. The number of imide groups is 1. The van der Waals surface area contributed by atoms with Crippen molar-refractivity contribution in [3.8, 4) is 0 Å². The highest BCUT2D eigenvalue weighted by molar-refractivity contribution is 7.14. The van der Waals surface area contributed by atoms with E-state index in [0.29, 0.717) is 12.0 Å². The predicted octanol–water partition coefficient (Wildman–Crippen LogP) is 3.51. The summed E-state index contributed by atoms with van der Waals surface area (Å²) in [5, 5.41) is 6.98. The number of nitrogens with zero attached hydrogens (tertiary/aromatic N) is 2. The number of rotatable bonds is 8. The molecular formula is C24H27FN4O5S. The summed E-state index contributed by atoms with van der Waals surface area (Å²) in [6.45, 7) is 0. The number of thiazole rings is 1. The van der Waals surface area contributed by atoms with Gasteiger partial charge in [-0.25, -0.2) is 23.9 Å². The van der Waals surface area contributed by atoms with Crippen LogP contribution in [0.4, 0.5) is 14.3 Å². The van der Waals surface area contributed by atoms with E-state index in [1.807, 2.05) is 0 Å². The van der Waals surface area contributed by atoms with Gasteiger partial charge in [0.25, 0.3) is 5.91 Å². The summed E-state index contributed by atoms with van der Waals surface area (Å²) in [6.07, 6.45) is 5.61. The maximum absolute atomic E-state index is 13.3. The molecule has 0 radical (unpaired) electrons. The molecular weight excluding hydrogens is 475 g/mol. The van der Waals surface area contributed by atoms with Crippen LogP contribution in [-0.4, -0.2) is 52.9 Å².